The van der Waals surface area contributed by atoms with Crippen molar-refractivity contribution in [1.29, 1.82) is 0 Å². The van der Waals surface area contributed by atoms with Gasteiger partial charge in [-0.15, -0.1) is 11.8 Å². The van der Waals surface area contributed by atoms with E-state index in [1.807, 2.05) is 0 Å². The highest BCUT2D eigenvalue weighted by Crippen LogP contribution is 1.95. The summed E-state index contributed by atoms with van der Waals surface area (Å²) in [4.78, 5) is 9.82. The summed E-state index contributed by atoms with van der Waals surface area (Å²) in [7, 11) is 0. The first-order chi connectivity index (χ1) is 4.27. The molecule has 0 saturated carbocycles. The Morgan fingerprint density at radius 1 is 1.89 bits per heavy atom. The Morgan fingerprint density at radius 3 is 3.00 bits per heavy atom. The zero-order valence-electron chi connectivity index (χ0n) is 4.96. The van der Waals surface area contributed by atoms with Crippen molar-refractivity contribution >= 4 is 17.9 Å². The highest BCUT2D eigenvalue weighted by Gasteiger charge is 1.89. The Kier molecular flexibility index (Phi) is 5.11. The standard InChI is InChI=1S/C5H9NO2S/c1-2-9-4-3-6-5(7)8/h2,6H,1,3-4H2,(H,7,8). The largest absolute Gasteiger partial charge is 0.465 e. The maximum atomic E-state index is 9.82. The minimum atomic E-state index is -0.973. The molecular weight excluding hydrogens is 138 g/mol. The van der Waals surface area contributed by atoms with Crippen LogP contribution in [0.3, 0.4) is 0 Å². The van der Waals surface area contributed by atoms with Gasteiger partial charge in [-0.3, -0.25) is 0 Å². The summed E-state index contributed by atoms with van der Waals surface area (Å²) in [6.45, 7) is 3.94. The van der Waals surface area contributed by atoms with Gasteiger partial charge in [0, 0.05) is 12.3 Å². The van der Waals surface area contributed by atoms with Gasteiger partial charge >= 0.3 is 6.09 Å². The molecule has 0 aliphatic rings. The average Bonchev–Trinajstić information content (AvgIpc) is 1.80. The van der Waals surface area contributed by atoms with Crippen LogP contribution >= 0.6 is 11.8 Å². The van der Waals surface area contributed by atoms with E-state index in [2.05, 4.69) is 11.9 Å². The normalized spacial score (nSPS) is 8.44. The number of carbonyl (C=O) groups is 1. The first kappa shape index (κ1) is 8.36. The smallest absolute Gasteiger partial charge is 0.404 e. The van der Waals surface area contributed by atoms with Gasteiger partial charge in [-0.2, -0.15) is 0 Å². The molecule has 0 bridgehead atoms. The molecule has 0 aliphatic heterocycles. The van der Waals surface area contributed by atoms with Gasteiger partial charge in [-0.25, -0.2) is 4.79 Å². The lowest BCUT2D eigenvalue weighted by molar-refractivity contribution is 0.195. The van der Waals surface area contributed by atoms with Crippen molar-refractivity contribution in [2.24, 2.45) is 0 Å². The second-order valence-corrected chi connectivity index (χ2v) is 2.34. The van der Waals surface area contributed by atoms with Crippen LogP contribution in [-0.2, 0) is 0 Å². The van der Waals surface area contributed by atoms with Crippen LogP contribution in [-0.4, -0.2) is 23.5 Å². The molecule has 0 heterocycles. The summed E-state index contributed by atoms with van der Waals surface area (Å²) in [5.41, 5.74) is 0. The minimum Gasteiger partial charge on any atom is -0.465 e. The predicted molar refractivity (Wildman–Crippen MR) is 38.7 cm³/mol. The lowest BCUT2D eigenvalue weighted by Crippen LogP contribution is -2.22. The van der Waals surface area contributed by atoms with E-state index in [9.17, 15) is 4.79 Å². The van der Waals surface area contributed by atoms with Crippen molar-refractivity contribution in [3.8, 4) is 0 Å². The molecule has 3 nitrogen and oxygen atoms in total. The molecule has 4 heteroatoms. The van der Waals surface area contributed by atoms with Crippen LogP contribution in [0.4, 0.5) is 4.79 Å². The van der Waals surface area contributed by atoms with Crippen LogP contribution in [0.2, 0.25) is 0 Å². The molecule has 2 N–H and O–H groups in total. The third kappa shape index (κ3) is 7.36. The average molecular weight is 147 g/mol. The first-order valence-electron chi connectivity index (χ1n) is 2.46. The van der Waals surface area contributed by atoms with E-state index in [1.54, 1.807) is 5.41 Å². The van der Waals surface area contributed by atoms with Crippen molar-refractivity contribution in [1.82, 2.24) is 5.32 Å². The summed E-state index contributed by atoms with van der Waals surface area (Å²) in [6.07, 6.45) is -0.973. The van der Waals surface area contributed by atoms with Gasteiger partial charge in [0.1, 0.15) is 0 Å². The van der Waals surface area contributed by atoms with Gasteiger partial charge in [0.2, 0.25) is 0 Å². The minimum absolute atomic E-state index is 0.478. The van der Waals surface area contributed by atoms with E-state index in [4.69, 9.17) is 5.11 Å². The van der Waals surface area contributed by atoms with Gasteiger partial charge in [0.25, 0.3) is 0 Å². The summed E-state index contributed by atoms with van der Waals surface area (Å²) in [6, 6.07) is 0. The molecule has 0 aromatic rings. The molecule has 0 saturated heterocycles. The number of nitrogens with one attached hydrogen (secondary N) is 1. The third-order valence-electron chi connectivity index (χ3n) is 0.614. The summed E-state index contributed by atoms with van der Waals surface area (Å²) in [5.74, 6) is 0.746. The van der Waals surface area contributed by atoms with E-state index in [-0.39, 0.29) is 0 Å². The SMILES string of the molecule is C=CSCCNC(=O)O. The predicted octanol–water partition coefficient (Wildman–Crippen LogP) is 1.13. The van der Waals surface area contributed by atoms with E-state index < -0.39 is 6.09 Å². The van der Waals surface area contributed by atoms with Crippen LogP contribution in [0.5, 0.6) is 0 Å². The molecule has 52 valence electrons. The molecule has 0 radical (unpaired) electrons. The number of rotatable bonds is 4. The molecule has 0 aromatic carbocycles. The maximum absolute atomic E-state index is 9.82. The molecule has 0 fully saturated rings. The molecule has 0 unspecified atom stereocenters. The van der Waals surface area contributed by atoms with Crippen molar-refractivity contribution in [2.75, 3.05) is 12.3 Å². The van der Waals surface area contributed by atoms with Gasteiger partial charge < -0.3 is 10.4 Å². The quantitative estimate of drug-likeness (QED) is 0.586. The summed E-state index contributed by atoms with van der Waals surface area (Å²) < 4.78 is 0. The Morgan fingerprint density at radius 2 is 2.56 bits per heavy atom. The van der Waals surface area contributed by atoms with Gasteiger partial charge in [-0.05, 0) is 5.41 Å². The van der Waals surface area contributed by atoms with E-state index in [1.165, 1.54) is 11.8 Å². The van der Waals surface area contributed by atoms with E-state index >= 15 is 0 Å². The first-order valence-corrected chi connectivity index (χ1v) is 3.51. The highest BCUT2D eigenvalue weighted by molar-refractivity contribution is 8.02. The summed E-state index contributed by atoms with van der Waals surface area (Å²) >= 11 is 1.49. The number of hydrogen-bond acceptors (Lipinski definition) is 2. The Labute approximate surface area is 58.1 Å². The van der Waals surface area contributed by atoms with Crippen LogP contribution in [0.1, 0.15) is 0 Å². The van der Waals surface area contributed by atoms with Crippen molar-refractivity contribution in [3.63, 3.8) is 0 Å². The van der Waals surface area contributed by atoms with Crippen LogP contribution in [0.15, 0.2) is 12.0 Å². The Balaban J connectivity index is 2.91. The monoisotopic (exact) mass is 147 g/mol. The van der Waals surface area contributed by atoms with E-state index in [0.717, 1.165) is 5.75 Å². The number of amides is 1. The van der Waals surface area contributed by atoms with E-state index in [0.29, 0.717) is 6.54 Å². The zero-order valence-corrected chi connectivity index (χ0v) is 5.78. The lowest BCUT2D eigenvalue weighted by atomic mass is 10.7. The maximum Gasteiger partial charge on any atom is 0.404 e. The summed E-state index contributed by atoms with van der Waals surface area (Å²) in [5, 5.41) is 12.0. The fourth-order valence-electron chi connectivity index (χ4n) is 0.300. The molecular formula is C5H9NO2S. The molecule has 9 heavy (non-hydrogen) atoms. The van der Waals surface area contributed by atoms with Crippen molar-refractivity contribution in [2.45, 2.75) is 0 Å². The topological polar surface area (TPSA) is 49.3 Å². The molecule has 0 spiro atoms. The van der Waals surface area contributed by atoms with Gasteiger partial charge in [0.15, 0.2) is 0 Å². The molecule has 0 rings (SSSR count). The molecule has 0 atom stereocenters. The van der Waals surface area contributed by atoms with Crippen LogP contribution in [0.25, 0.3) is 0 Å². The number of carboxylic acid groups (broad SMARTS) is 1. The second-order valence-electron chi connectivity index (χ2n) is 1.27. The number of thioether (sulfide) groups is 1. The van der Waals surface area contributed by atoms with Crippen LogP contribution < -0.4 is 5.32 Å². The molecule has 0 aliphatic carbocycles. The van der Waals surface area contributed by atoms with Crippen molar-refractivity contribution in [3.05, 3.63) is 12.0 Å². The lowest BCUT2D eigenvalue weighted by Gasteiger charge is -1.95. The Hall–Kier alpha value is -0.640. The fourth-order valence-corrected chi connectivity index (χ4v) is 0.687. The highest BCUT2D eigenvalue weighted by atomic mass is 32.2. The fraction of sp³-hybridized carbons (Fsp3) is 0.400. The Bertz CT molecular complexity index is 105. The van der Waals surface area contributed by atoms with Crippen LogP contribution in [0, 0.1) is 0 Å². The van der Waals surface area contributed by atoms with Gasteiger partial charge in [0.05, 0.1) is 0 Å². The third-order valence-corrected chi connectivity index (χ3v) is 1.29. The molecule has 0 aromatic heterocycles. The molecule has 1 amide bonds. The van der Waals surface area contributed by atoms with Gasteiger partial charge in [-0.1, -0.05) is 6.58 Å². The van der Waals surface area contributed by atoms with Crippen molar-refractivity contribution < 1.29 is 9.90 Å². The zero-order chi connectivity index (χ0) is 7.11. The second kappa shape index (κ2) is 5.50. The number of hydrogen-bond donors (Lipinski definition) is 2.